The molecule has 4 aromatic heterocycles. The van der Waals surface area contributed by atoms with Crippen LogP contribution in [0.4, 0.5) is 0 Å². The molecule has 14 aromatic carbocycles. The summed E-state index contributed by atoms with van der Waals surface area (Å²) in [6, 6.07) is 99.5. The third-order valence-electron chi connectivity index (χ3n) is 21.5. The molecule has 438 valence electrons. The van der Waals surface area contributed by atoms with Gasteiger partial charge in [-0.25, -0.2) is 9.97 Å². The van der Waals surface area contributed by atoms with E-state index >= 15 is 0 Å². The summed E-state index contributed by atoms with van der Waals surface area (Å²) in [4.78, 5) is 20.6. The van der Waals surface area contributed by atoms with Crippen molar-refractivity contribution in [3.63, 3.8) is 0 Å². The first kappa shape index (κ1) is 53.0. The fourth-order valence-electron chi connectivity index (χ4n) is 16.8. The lowest BCUT2D eigenvalue weighted by atomic mass is 9.81. The summed E-state index contributed by atoms with van der Waals surface area (Å²) in [5.41, 5.74) is 25.1. The van der Waals surface area contributed by atoms with Crippen LogP contribution in [0.2, 0.25) is 0 Å². The monoisotopic (exact) mass is 1190 g/mol. The molecule has 0 atom stereocenters. The lowest BCUT2D eigenvalue weighted by Gasteiger charge is -2.22. The summed E-state index contributed by atoms with van der Waals surface area (Å²) in [7, 11) is 0. The fourth-order valence-corrected chi connectivity index (χ4v) is 16.8. The van der Waals surface area contributed by atoms with Crippen LogP contribution in [-0.4, -0.2) is 19.9 Å². The third-order valence-corrected chi connectivity index (χ3v) is 21.5. The molecular weight excluding hydrogens is 1140 g/mol. The maximum atomic E-state index is 5.52. The minimum atomic E-state index is -0.230. The molecule has 0 aliphatic heterocycles. The number of hydrogen-bond donors (Lipinski definition) is 0. The normalized spacial score (nSPS) is 13.7. The Labute approximate surface area is 543 Å². The van der Waals surface area contributed by atoms with E-state index < -0.39 is 0 Å². The number of aromatic nitrogens is 4. The van der Waals surface area contributed by atoms with Gasteiger partial charge in [-0.1, -0.05) is 228 Å². The van der Waals surface area contributed by atoms with Crippen LogP contribution < -0.4 is 0 Å². The molecule has 94 heavy (non-hydrogen) atoms. The van der Waals surface area contributed by atoms with Crippen LogP contribution in [-0.2, 0) is 10.8 Å². The molecule has 0 amide bonds. The van der Waals surface area contributed by atoms with Gasteiger partial charge in [0.2, 0.25) is 0 Å². The van der Waals surface area contributed by atoms with E-state index in [0.29, 0.717) is 0 Å². The number of rotatable bonds is 5. The molecule has 0 saturated heterocycles. The Morgan fingerprint density at radius 2 is 0.670 bits per heavy atom. The van der Waals surface area contributed by atoms with Crippen molar-refractivity contribution in [2.45, 2.75) is 38.5 Å². The Bertz CT molecular complexity index is 6370. The van der Waals surface area contributed by atoms with Crippen LogP contribution in [0.25, 0.3) is 186 Å². The second kappa shape index (κ2) is 19.4. The predicted octanol–water partition coefficient (Wildman–Crippen LogP) is 23.7. The Morgan fingerprint density at radius 1 is 0.223 bits per heavy atom. The van der Waals surface area contributed by atoms with Gasteiger partial charge >= 0.3 is 0 Å². The van der Waals surface area contributed by atoms with E-state index in [1.54, 1.807) is 0 Å². The van der Waals surface area contributed by atoms with Gasteiger partial charge in [-0.05, 0) is 209 Å². The second-order valence-electron chi connectivity index (χ2n) is 27.2. The first-order valence-electron chi connectivity index (χ1n) is 32.7. The van der Waals surface area contributed by atoms with Gasteiger partial charge in [-0.15, -0.1) is 0 Å². The van der Waals surface area contributed by atoms with Crippen LogP contribution in [0.1, 0.15) is 49.9 Å². The highest BCUT2D eigenvalue weighted by Gasteiger charge is 2.38. The Hall–Kier alpha value is -11.7. The first-order valence-corrected chi connectivity index (χ1v) is 32.7. The molecule has 0 unspecified atom stereocenters. The zero-order chi connectivity index (χ0) is 62.3. The van der Waals surface area contributed by atoms with Crippen LogP contribution in [0, 0.1) is 0 Å². The van der Waals surface area contributed by atoms with Crippen molar-refractivity contribution in [1.29, 1.82) is 0 Å². The minimum absolute atomic E-state index is 0.186. The summed E-state index contributed by atoms with van der Waals surface area (Å²) in [6.07, 6.45) is 3.76. The van der Waals surface area contributed by atoms with E-state index in [1.807, 2.05) is 18.5 Å². The number of fused-ring (bicyclic) bond motifs is 24. The molecule has 2 aliphatic carbocycles. The maximum Gasteiger partial charge on any atom is 0.0972 e. The molecule has 0 spiro atoms. The Morgan fingerprint density at radius 3 is 1.31 bits per heavy atom. The quantitative estimate of drug-likeness (QED) is 0.161. The summed E-state index contributed by atoms with van der Waals surface area (Å²) < 4.78 is 0. The highest BCUT2D eigenvalue weighted by Crippen LogP contribution is 2.55. The summed E-state index contributed by atoms with van der Waals surface area (Å²) in [5, 5.41) is 19.5. The number of nitrogens with zero attached hydrogens (tertiary/aromatic N) is 4. The molecule has 20 rings (SSSR count). The van der Waals surface area contributed by atoms with Gasteiger partial charge in [-0.3, -0.25) is 9.97 Å². The summed E-state index contributed by atoms with van der Waals surface area (Å²) in [5.74, 6) is 0. The van der Waals surface area contributed by atoms with E-state index in [9.17, 15) is 0 Å². The van der Waals surface area contributed by atoms with Gasteiger partial charge in [0.1, 0.15) is 0 Å². The van der Waals surface area contributed by atoms with Crippen molar-refractivity contribution in [3.05, 3.63) is 302 Å². The van der Waals surface area contributed by atoms with E-state index in [0.717, 1.165) is 77.3 Å². The smallest absolute Gasteiger partial charge is 0.0972 e. The standard InChI is InChI=1S/C90H58N4/c1-89(2)78-39-31-54(45-77(78)70-37-29-57(49-80(70)89)82-40-32-52-25-24-51-14-12-42-91-85(51)86(52)93-82)53-26-34-68-69-36-28-56(47-76(69)66-20-10-9-19-65(66)74(68)44-53)73-48-59-33-41-83(94-87(59)88-71(73)22-13-43-92-88)58-30-38-72-81(50-58)90(3,4)79-23-11-21-60(84(72)79)55-27-35-67-63-17-6-5-15-61(63)62-16-7-8-18-64(62)75(67)46-55/h5-50H,1-4H3. The fraction of sp³-hybridized carbons (Fsp3) is 0.0667. The summed E-state index contributed by atoms with van der Waals surface area (Å²) >= 11 is 0. The van der Waals surface area contributed by atoms with Crippen molar-refractivity contribution in [2.75, 3.05) is 0 Å². The van der Waals surface area contributed by atoms with Gasteiger partial charge in [0, 0.05) is 55.9 Å². The van der Waals surface area contributed by atoms with Gasteiger partial charge in [0.25, 0.3) is 0 Å². The molecule has 4 heteroatoms. The van der Waals surface area contributed by atoms with Crippen LogP contribution in [0.15, 0.2) is 279 Å². The zero-order valence-corrected chi connectivity index (χ0v) is 52.3. The topological polar surface area (TPSA) is 51.6 Å². The second-order valence-corrected chi connectivity index (χ2v) is 27.2. The van der Waals surface area contributed by atoms with Crippen LogP contribution >= 0.6 is 0 Å². The van der Waals surface area contributed by atoms with Crippen molar-refractivity contribution >= 4 is 108 Å². The molecule has 0 N–H and O–H groups in total. The molecule has 0 radical (unpaired) electrons. The number of pyridine rings is 4. The average molecular weight is 1200 g/mol. The minimum Gasteiger partial charge on any atom is -0.254 e. The molecule has 0 saturated carbocycles. The molecule has 2 aliphatic rings. The van der Waals surface area contributed by atoms with Gasteiger partial charge in [0.05, 0.1) is 33.5 Å². The maximum absolute atomic E-state index is 5.52. The van der Waals surface area contributed by atoms with Gasteiger partial charge in [0.15, 0.2) is 0 Å². The molecule has 18 aromatic rings. The van der Waals surface area contributed by atoms with E-state index in [-0.39, 0.29) is 10.8 Å². The lowest BCUT2D eigenvalue weighted by Crippen LogP contribution is -2.15. The molecule has 4 heterocycles. The third kappa shape index (κ3) is 7.56. The lowest BCUT2D eigenvalue weighted by molar-refractivity contribution is 0.660. The SMILES string of the molecule is CC1(C)c2ccc(-c3ccc4c5ccc(-c6cc7ccc(-c8ccc9c(c8)C(C)(C)c8cccc(-c%10ccc%11c%12ccccc%12c%12ccccc%12c%11c%10)c8-9)nc7c7ncccc67)cc5c5ccccc5c4c3)cc2-c2ccc(-c3ccc4ccc5cccnc5c4n3)cc21. The van der Waals surface area contributed by atoms with Crippen molar-refractivity contribution in [1.82, 2.24) is 19.9 Å². The van der Waals surface area contributed by atoms with Crippen LogP contribution in [0.5, 0.6) is 0 Å². The number of hydrogen-bond acceptors (Lipinski definition) is 4. The van der Waals surface area contributed by atoms with Crippen molar-refractivity contribution in [2.24, 2.45) is 0 Å². The van der Waals surface area contributed by atoms with E-state index in [1.165, 1.54) is 131 Å². The molecule has 4 nitrogen and oxygen atoms in total. The predicted molar refractivity (Wildman–Crippen MR) is 395 cm³/mol. The zero-order valence-electron chi connectivity index (χ0n) is 52.3. The van der Waals surface area contributed by atoms with Gasteiger partial charge < -0.3 is 0 Å². The van der Waals surface area contributed by atoms with Crippen LogP contribution in [0.3, 0.4) is 0 Å². The number of benzene rings is 14. The van der Waals surface area contributed by atoms with E-state index in [2.05, 4.69) is 289 Å². The molecular formula is C90H58N4. The highest BCUT2D eigenvalue weighted by atomic mass is 14.8. The molecule has 0 fully saturated rings. The Balaban J connectivity index is 0.641. The first-order chi connectivity index (χ1) is 46.1. The van der Waals surface area contributed by atoms with Crippen molar-refractivity contribution in [3.8, 4) is 78.1 Å². The summed E-state index contributed by atoms with van der Waals surface area (Å²) in [6.45, 7) is 9.47. The largest absolute Gasteiger partial charge is 0.254 e. The Kier molecular flexibility index (Phi) is 10.9. The molecule has 0 bridgehead atoms. The van der Waals surface area contributed by atoms with E-state index in [4.69, 9.17) is 19.9 Å². The van der Waals surface area contributed by atoms with Gasteiger partial charge in [-0.2, -0.15) is 0 Å². The average Bonchev–Trinajstić information content (AvgIpc) is 1.36. The highest BCUT2D eigenvalue weighted by molar-refractivity contribution is 6.28. The van der Waals surface area contributed by atoms with Crippen molar-refractivity contribution < 1.29 is 0 Å².